The largest absolute Gasteiger partial charge is 0.346 e. The normalized spacial score (nSPS) is 17.5. The predicted molar refractivity (Wildman–Crippen MR) is 81.7 cm³/mol. The van der Waals surface area contributed by atoms with Crippen LogP contribution >= 0.6 is 0 Å². The minimum atomic E-state index is -0.828. The molecule has 0 bridgehead atoms. The van der Waals surface area contributed by atoms with E-state index in [1.807, 2.05) is 19.9 Å². The summed E-state index contributed by atoms with van der Waals surface area (Å²) in [6.07, 6.45) is 1.28. The van der Waals surface area contributed by atoms with E-state index in [-0.39, 0.29) is 11.9 Å². The molecule has 1 saturated heterocycles. The molecule has 5 nitrogen and oxygen atoms in total. The standard InChI is InChI=1S/C17H20N2O3/c1-4-16(20)19(13(2)17(3)21-8-9-22-17)12-15-7-5-6-14(10-15)11-18/h4-7,10,13H,1,8-9,12H2,2-3H3. The average Bonchev–Trinajstić information content (AvgIpc) is 2.99. The van der Waals surface area contributed by atoms with E-state index < -0.39 is 5.79 Å². The van der Waals surface area contributed by atoms with Crippen molar-refractivity contribution in [3.63, 3.8) is 0 Å². The van der Waals surface area contributed by atoms with E-state index in [9.17, 15) is 4.79 Å². The van der Waals surface area contributed by atoms with Crippen molar-refractivity contribution in [1.29, 1.82) is 5.26 Å². The maximum Gasteiger partial charge on any atom is 0.246 e. The zero-order valence-electron chi connectivity index (χ0n) is 12.9. The van der Waals surface area contributed by atoms with Crippen LogP contribution in [-0.2, 0) is 20.8 Å². The Bertz CT molecular complexity index is 600. The molecule has 1 aromatic rings. The Balaban J connectivity index is 2.24. The lowest BCUT2D eigenvalue weighted by atomic mass is 10.1. The third-order valence-corrected chi connectivity index (χ3v) is 3.95. The van der Waals surface area contributed by atoms with Crippen LogP contribution in [0, 0.1) is 11.3 Å². The van der Waals surface area contributed by atoms with E-state index in [1.165, 1.54) is 6.08 Å². The summed E-state index contributed by atoms with van der Waals surface area (Å²) in [5, 5.41) is 8.99. The smallest absolute Gasteiger partial charge is 0.246 e. The van der Waals surface area contributed by atoms with E-state index >= 15 is 0 Å². The molecule has 0 aliphatic carbocycles. The van der Waals surface area contributed by atoms with Gasteiger partial charge in [0.1, 0.15) is 0 Å². The number of rotatable bonds is 5. The topological polar surface area (TPSA) is 62.6 Å². The van der Waals surface area contributed by atoms with Gasteiger partial charge in [0.15, 0.2) is 5.79 Å². The number of ether oxygens (including phenoxy) is 2. The number of nitrogens with zero attached hydrogens (tertiary/aromatic N) is 2. The van der Waals surface area contributed by atoms with Crippen molar-refractivity contribution in [3.05, 3.63) is 48.0 Å². The third kappa shape index (κ3) is 3.35. The first-order valence-corrected chi connectivity index (χ1v) is 7.20. The summed E-state index contributed by atoms with van der Waals surface area (Å²) in [7, 11) is 0. The van der Waals surface area contributed by atoms with Crippen LogP contribution < -0.4 is 0 Å². The number of amides is 1. The van der Waals surface area contributed by atoms with Crippen LogP contribution in [-0.4, -0.2) is 35.8 Å². The maximum atomic E-state index is 12.2. The predicted octanol–water partition coefficient (Wildman–Crippen LogP) is 2.22. The molecule has 1 atom stereocenters. The molecule has 1 fully saturated rings. The first kappa shape index (κ1) is 16.2. The molecule has 5 heteroatoms. The minimum Gasteiger partial charge on any atom is -0.346 e. The van der Waals surface area contributed by atoms with Gasteiger partial charge in [0.25, 0.3) is 0 Å². The van der Waals surface area contributed by atoms with Gasteiger partial charge in [-0.25, -0.2) is 0 Å². The van der Waals surface area contributed by atoms with E-state index in [0.29, 0.717) is 25.3 Å². The summed E-state index contributed by atoms with van der Waals surface area (Å²) in [5.74, 6) is -1.03. The summed E-state index contributed by atoms with van der Waals surface area (Å²) in [6, 6.07) is 9.01. The maximum absolute atomic E-state index is 12.2. The molecule has 0 radical (unpaired) electrons. The molecule has 0 spiro atoms. The van der Waals surface area contributed by atoms with Crippen molar-refractivity contribution >= 4 is 5.91 Å². The molecular formula is C17H20N2O3. The lowest BCUT2D eigenvalue weighted by Gasteiger charge is -2.37. The number of hydrogen-bond acceptors (Lipinski definition) is 4. The Labute approximate surface area is 130 Å². The van der Waals surface area contributed by atoms with Crippen molar-refractivity contribution in [2.24, 2.45) is 0 Å². The lowest BCUT2D eigenvalue weighted by Crippen LogP contribution is -2.51. The van der Waals surface area contributed by atoms with Crippen LogP contribution in [0.15, 0.2) is 36.9 Å². The van der Waals surface area contributed by atoms with Gasteiger partial charge in [-0.2, -0.15) is 5.26 Å². The van der Waals surface area contributed by atoms with Crippen LogP contribution in [0.3, 0.4) is 0 Å². The molecule has 0 aromatic heterocycles. The van der Waals surface area contributed by atoms with Crippen LogP contribution in [0.4, 0.5) is 0 Å². The summed E-state index contributed by atoms with van der Waals surface area (Å²) < 4.78 is 11.3. The summed E-state index contributed by atoms with van der Waals surface area (Å²) in [6.45, 7) is 8.68. The van der Waals surface area contributed by atoms with E-state index in [2.05, 4.69) is 12.6 Å². The number of benzene rings is 1. The highest BCUT2D eigenvalue weighted by molar-refractivity contribution is 5.87. The molecule has 116 valence electrons. The summed E-state index contributed by atoms with van der Waals surface area (Å²) in [4.78, 5) is 13.9. The molecule has 2 rings (SSSR count). The van der Waals surface area contributed by atoms with Crippen molar-refractivity contribution in [2.45, 2.75) is 32.2 Å². The molecule has 1 heterocycles. The average molecular weight is 300 g/mol. The monoisotopic (exact) mass is 300 g/mol. The van der Waals surface area contributed by atoms with Gasteiger partial charge in [-0.1, -0.05) is 18.7 Å². The van der Waals surface area contributed by atoms with Gasteiger partial charge in [-0.3, -0.25) is 4.79 Å². The first-order chi connectivity index (χ1) is 10.5. The quantitative estimate of drug-likeness (QED) is 0.782. The molecule has 1 unspecified atom stereocenters. The summed E-state index contributed by atoms with van der Waals surface area (Å²) >= 11 is 0. The van der Waals surface area contributed by atoms with Crippen LogP contribution in [0.2, 0.25) is 0 Å². The van der Waals surface area contributed by atoms with Crippen molar-refractivity contribution in [2.75, 3.05) is 13.2 Å². The highest BCUT2D eigenvalue weighted by Gasteiger charge is 2.41. The Morgan fingerprint density at radius 3 is 2.82 bits per heavy atom. The van der Waals surface area contributed by atoms with E-state index in [0.717, 1.165) is 5.56 Å². The van der Waals surface area contributed by atoms with Crippen molar-refractivity contribution in [1.82, 2.24) is 4.90 Å². The van der Waals surface area contributed by atoms with Gasteiger partial charge >= 0.3 is 0 Å². The molecule has 1 aliphatic rings. The zero-order chi connectivity index (χ0) is 16.2. The Kier molecular flexibility index (Phi) is 4.96. The van der Waals surface area contributed by atoms with Crippen LogP contribution in [0.5, 0.6) is 0 Å². The fourth-order valence-electron chi connectivity index (χ4n) is 2.51. The van der Waals surface area contributed by atoms with E-state index in [4.69, 9.17) is 14.7 Å². The minimum absolute atomic E-state index is 0.199. The van der Waals surface area contributed by atoms with Gasteiger partial charge in [0.05, 0.1) is 30.9 Å². The highest BCUT2D eigenvalue weighted by Crippen LogP contribution is 2.27. The second-order valence-corrected chi connectivity index (χ2v) is 5.37. The molecular weight excluding hydrogens is 280 g/mol. The number of carbonyl (C=O) groups is 1. The van der Waals surface area contributed by atoms with Gasteiger partial charge in [0, 0.05) is 6.54 Å². The fourth-order valence-corrected chi connectivity index (χ4v) is 2.51. The second-order valence-electron chi connectivity index (χ2n) is 5.37. The SMILES string of the molecule is C=CC(=O)N(Cc1cccc(C#N)c1)C(C)C1(C)OCCO1. The molecule has 1 aromatic carbocycles. The molecule has 1 aliphatic heterocycles. The van der Waals surface area contributed by atoms with Crippen LogP contribution in [0.25, 0.3) is 0 Å². The van der Waals surface area contributed by atoms with Crippen LogP contribution in [0.1, 0.15) is 25.0 Å². The van der Waals surface area contributed by atoms with Gasteiger partial charge < -0.3 is 14.4 Å². The highest BCUT2D eigenvalue weighted by atomic mass is 16.7. The molecule has 1 amide bonds. The third-order valence-electron chi connectivity index (χ3n) is 3.95. The summed E-state index contributed by atoms with van der Waals surface area (Å²) in [5.41, 5.74) is 1.44. The Morgan fingerprint density at radius 2 is 2.23 bits per heavy atom. The van der Waals surface area contributed by atoms with E-state index in [1.54, 1.807) is 23.1 Å². The van der Waals surface area contributed by atoms with Gasteiger partial charge in [-0.05, 0) is 37.6 Å². The Morgan fingerprint density at radius 1 is 1.55 bits per heavy atom. The van der Waals surface area contributed by atoms with Crippen molar-refractivity contribution in [3.8, 4) is 6.07 Å². The first-order valence-electron chi connectivity index (χ1n) is 7.20. The van der Waals surface area contributed by atoms with Gasteiger partial charge in [0.2, 0.25) is 5.91 Å². The Hall–Kier alpha value is -2.16. The molecule has 0 saturated carbocycles. The molecule has 0 N–H and O–H groups in total. The molecule has 22 heavy (non-hydrogen) atoms. The van der Waals surface area contributed by atoms with Gasteiger partial charge in [-0.15, -0.1) is 0 Å². The number of carbonyl (C=O) groups excluding carboxylic acids is 1. The lowest BCUT2D eigenvalue weighted by molar-refractivity contribution is -0.189. The zero-order valence-corrected chi connectivity index (χ0v) is 12.9. The number of hydrogen-bond donors (Lipinski definition) is 0. The van der Waals surface area contributed by atoms with Crippen molar-refractivity contribution < 1.29 is 14.3 Å². The second kappa shape index (κ2) is 6.73. The number of nitriles is 1. The fraction of sp³-hybridized carbons (Fsp3) is 0.412.